The van der Waals surface area contributed by atoms with Gasteiger partial charge in [0.25, 0.3) is 0 Å². The van der Waals surface area contributed by atoms with Crippen LogP contribution in [-0.2, 0) is 22.2 Å². The van der Waals surface area contributed by atoms with Crippen molar-refractivity contribution in [3.05, 3.63) is 39.8 Å². The molecule has 0 aliphatic carbocycles. The predicted molar refractivity (Wildman–Crippen MR) is 78.7 cm³/mol. The largest absolute Gasteiger partial charge is 0.416 e. The number of halogens is 6. The fraction of sp³-hybridized carbons (Fsp3) is 0.400. The Balaban J connectivity index is 3.70. The van der Waals surface area contributed by atoms with Crippen LogP contribution in [0.5, 0.6) is 0 Å². The smallest absolute Gasteiger partial charge is 0.222 e. The van der Waals surface area contributed by atoms with E-state index in [-0.39, 0.29) is 6.07 Å². The van der Waals surface area contributed by atoms with E-state index in [0.29, 0.717) is 18.2 Å². The zero-order valence-corrected chi connectivity index (χ0v) is 14.1. The minimum Gasteiger partial charge on any atom is -0.222 e. The summed E-state index contributed by atoms with van der Waals surface area (Å²) in [5.41, 5.74) is -3.88. The Kier molecular flexibility index (Phi) is 5.35. The zero-order valence-electron chi connectivity index (χ0n) is 13.2. The molecule has 25 heavy (non-hydrogen) atoms. The van der Waals surface area contributed by atoms with E-state index in [9.17, 15) is 34.8 Å². The van der Waals surface area contributed by atoms with Crippen LogP contribution >= 0.6 is 0 Å². The number of rotatable bonds is 2. The van der Waals surface area contributed by atoms with Gasteiger partial charge in [0, 0.05) is 0 Å². The Bertz CT molecular complexity index is 804. The maximum absolute atomic E-state index is 12.8. The SMILES string of the molecule is CC(C)(C)S(=O)(=O)/C(C#N)=C/c1cc(C(F)(F)F)cc(C(F)(F)F)c1. The highest BCUT2D eigenvalue weighted by Crippen LogP contribution is 2.37. The third-order valence-corrected chi connectivity index (χ3v) is 5.51. The van der Waals surface area contributed by atoms with Gasteiger partial charge in [-0.25, -0.2) is 8.42 Å². The third-order valence-electron chi connectivity index (χ3n) is 3.11. The van der Waals surface area contributed by atoms with E-state index in [0.717, 1.165) is 0 Å². The van der Waals surface area contributed by atoms with Gasteiger partial charge in [-0.2, -0.15) is 31.6 Å². The number of allylic oxidation sites excluding steroid dienone is 1. The van der Waals surface area contributed by atoms with Crippen molar-refractivity contribution in [2.45, 2.75) is 37.9 Å². The van der Waals surface area contributed by atoms with Crippen molar-refractivity contribution in [1.82, 2.24) is 0 Å². The van der Waals surface area contributed by atoms with Gasteiger partial charge in [0.2, 0.25) is 0 Å². The van der Waals surface area contributed by atoms with Crippen LogP contribution in [-0.4, -0.2) is 13.2 Å². The van der Waals surface area contributed by atoms with Crippen molar-refractivity contribution in [3.63, 3.8) is 0 Å². The van der Waals surface area contributed by atoms with Crippen LogP contribution in [0, 0.1) is 11.3 Å². The first-order valence-corrected chi connectivity index (χ1v) is 8.14. The molecule has 0 saturated heterocycles. The lowest BCUT2D eigenvalue weighted by molar-refractivity contribution is -0.143. The summed E-state index contributed by atoms with van der Waals surface area (Å²) in [5, 5.41) is 9.00. The first-order chi connectivity index (χ1) is 11.0. The summed E-state index contributed by atoms with van der Waals surface area (Å²) >= 11 is 0. The van der Waals surface area contributed by atoms with Gasteiger partial charge in [-0.05, 0) is 50.6 Å². The standard InChI is InChI=1S/C15H13F6NO2S/c1-13(2,3)25(23,24)12(8-22)6-9-4-10(14(16,17)18)7-11(5-9)15(19,20)21/h4-7H,1-3H3/b12-6+. The van der Waals surface area contributed by atoms with Crippen LogP contribution in [0.25, 0.3) is 6.08 Å². The first kappa shape index (κ1) is 21.0. The number of nitrogens with zero attached hydrogens (tertiary/aromatic N) is 1. The van der Waals surface area contributed by atoms with Crippen molar-refractivity contribution in [1.29, 1.82) is 5.26 Å². The highest BCUT2D eigenvalue weighted by Gasteiger charge is 2.37. The molecule has 0 saturated carbocycles. The van der Waals surface area contributed by atoms with Gasteiger partial charge >= 0.3 is 12.4 Å². The van der Waals surface area contributed by atoms with Gasteiger partial charge in [0.1, 0.15) is 11.0 Å². The van der Waals surface area contributed by atoms with Crippen molar-refractivity contribution in [3.8, 4) is 6.07 Å². The maximum Gasteiger partial charge on any atom is 0.416 e. The molecule has 0 radical (unpaired) electrons. The molecule has 0 fully saturated rings. The molecule has 1 aromatic carbocycles. The summed E-state index contributed by atoms with van der Waals surface area (Å²) in [7, 11) is -4.25. The van der Waals surface area contributed by atoms with Gasteiger partial charge in [-0.15, -0.1) is 0 Å². The first-order valence-electron chi connectivity index (χ1n) is 6.66. The average Bonchev–Trinajstić information content (AvgIpc) is 2.41. The van der Waals surface area contributed by atoms with Crippen LogP contribution < -0.4 is 0 Å². The van der Waals surface area contributed by atoms with E-state index in [4.69, 9.17) is 5.26 Å². The predicted octanol–water partition coefficient (Wildman–Crippen LogP) is 4.80. The lowest BCUT2D eigenvalue weighted by Gasteiger charge is -2.18. The quantitative estimate of drug-likeness (QED) is 0.543. The van der Waals surface area contributed by atoms with Gasteiger partial charge in [0.05, 0.1) is 15.9 Å². The molecule has 0 aliphatic rings. The molecule has 0 spiro atoms. The number of sulfone groups is 1. The molecule has 0 unspecified atom stereocenters. The second-order valence-corrected chi connectivity index (χ2v) is 8.75. The van der Waals surface area contributed by atoms with Crippen LogP contribution in [0.15, 0.2) is 23.1 Å². The minimum absolute atomic E-state index is 0.0817. The number of nitriles is 1. The van der Waals surface area contributed by atoms with Gasteiger partial charge in [-0.1, -0.05) is 0 Å². The Morgan fingerprint density at radius 1 is 0.960 bits per heavy atom. The van der Waals surface area contributed by atoms with Crippen LogP contribution in [0.1, 0.15) is 37.5 Å². The summed E-state index contributed by atoms with van der Waals surface area (Å²) in [6.45, 7) is 3.75. The Hall–Kier alpha value is -2.02. The summed E-state index contributed by atoms with van der Waals surface area (Å²) in [4.78, 5) is -0.924. The number of alkyl halides is 6. The van der Waals surface area contributed by atoms with E-state index in [2.05, 4.69) is 0 Å². The number of hydrogen-bond donors (Lipinski definition) is 0. The molecule has 0 bridgehead atoms. The normalized spacial score (nSPS) is 14.3. The van der Waals surface area contributed by atoms with Crippen molar-refractivity contribution < 1.29 is 34.8 Å². The maximum atomic E-state index is 12.8. The molecular weight excluding hydrogens is 372 g/mol. The molecule has 0 aliphatic heterocycles. The highest BCUT2D eigenvalue weighted by molar-refractivity contribution is 7.97. The molecule has 10 heteroatoms. The molecule has 3 nitrogen and oxygen atoms in total. The molecule has 0 heterocycles. The van der Waals surface area contributed by atoms with Crippen LogP contribution in [0.2, 0.25) is 0 Å². The average molecular weight is 385 g/mol. The molecule has 0 aromatic heterocycles. The van der Waals surface area contributed by atoms with Crippen LogP contribution in [0.3, 0.4) is 0 Å². The highest BCUT2D eigenvalue weighted by atomic mass is 32.2. The van der Waals surface area contributed by atoms with Gasteiger partial charge in [0.15, 0.2) is 9.84 Å². The summed E-state index contributed by atoms with van der Waals surface area (Å²) in [6, 6.07) is 1.95. The summed E-state index contributed by atoms with van der Waals surface area (Å²) < 4.78 is 99.8. The minimum atomic E-state index is -5.07. The second kappa shape index (κ2) is 6.37. The monoisotopic (exact) mass is 385 g/mol. The van der Waals surface area contributed by atoms with Crippen molar-refractivity contribution in [2.24, 2.45) is 0 Å². The fourth-order valence-electron chi connectivity index (χ4n) is 1.71. The molecule has 1 aromatic rings. The van der Waals surface area contributed by atoms with E-state index in [1.807, 2.05) is 0 Å². The van der Waals surface area contributed by atoms with Crippen molar-refractivity contribution >= 4 is 15.9 Å². The topological polar surface area (TPSA) is 57.9 Å². The van der Waals surface area contributed by atoms with Crippen LogP contribution in [0.4, 0.5) is 26.3 Å². The molecule has 0 amide bonds. The molecular formula is C15H13F6NO2S. The van der Waals surface area contributed by atoms with E-state index < -0.39 is 48.5 Å². The van der Waals surface area contributed by atoms with E-state index in [1.165, 1.54) is 26.8 Å². The molecule has 138 valence electrons. The van der Waals surface area contributed by atoms with Crippen molar-refractivity contribution in [2.75, 3.05) is 0 Å². The fourth-order valence-corrected chi connectivity index (χ4v) is 2.78. The Morgan fingerprint density at radius 3 is 1.64 bits per heavy atom. The lowest BCUT2D eigenvalue weighted by atomic mass is 10.0. The van der Waals surface area contributed by atoms with Gasteiger partial charge in [-0.3, -0.25) is 0 Å². The molecule has 1 rings (SSSR count). The lowest BCUT2D eigenvalue weighted by Crippen LogP contribution is -2.28. The number of hydrogen-bond acceptors (Lipinski definition) is 3. The molecule has 0 atom stereocenters. The zero-order chi connectivity index (χ0) is 19.8. The Labute approximate surface area is 140 Å². The number of benzene rings is 1. The Morgan fingerprint density at radius 2 is 1.36 bits per heavy atom. The second-order valence-electron chi connectivity index (χ2n) is 6.08. The van der Waals surface area contributed by atoms with E-state index in [1.54, 1.807) is 0 Å². The third kappa shape index (κ3) is 4.75. The summed E-state index contributed by atoms with van der Waals surface area (Å²) in [6.07, 6.45) is -9.63. The molecule has 0 N–H and O–H groups in total. The van der Waals surface area contributed by atoms with Gasteiger partial charge < -0.3 is 0 Å². The summed E-state index contributed by atoms with van der Waals surface area (Å²) in [5.74, 6) is 0. The van der Waals surface area contributed by atoms with E-state index >= 15 is 0 Å².